The van der Waals surface area contributed by atoms with Crippen molar-refractivity contribution in [1.82, 2.24) is 14.7 Å². The number of likely N-dealkylation sites (N-methyl/N-ethyl adjacent to an activating group) is 1. The van der Waals surface area contributed by atoms with Gasteiger partial charge in [-0.05, 0) is 32.2 Å². The van der Waals surface area contributed by atoms with Gasteiger partial charge in [0.25, 0.3) is 11.7 Å². The molecule has 2 aromatic heterocycles. The number of hydrogen-bond acceptors (Lipinski definition) is 4. The van der Waals surface area contributed by atoms with Crippen LogP contribution in [0.5, 0.6) is 0 Å². The first-order valence-electron chi connectivity index (χ1n) is 6.81. The third-order valence-corrected chi connectivity index (χ3v) is 4.39. The van der Waals surface area contributed by atoms with Gasteiger partial charge in [0.2, 0.25) is 0 Å². The zero-order chi connectivity index (χ0) is 15.6. The number of aryl methyl sites for hydroxylation is 2. The lowest BCUT2D eigenvalue weighted by Gasteiger charge is -2.19. The summed E-state index contributed by atoms with van der Waals surface area (Å²) in [5, 5.41) is 6.17. The number of carbonyl (C=O) groups excluding carboxylic acids is 2. The highest BCUT2D eigenvalue weighted by molar-refractivity contribution is 7.09. The molecule has 0 unspecified atom stereocenters. The molecule has 0 aliphatic carbocycles. The van der Waals surface area contributed by atoms with Gasteiger partial charge in [-0.1, -0.05) is 6.07 Å². The monoisotopic (exact) mass is 305 g/mol. The van der Waals surface area contributed by atoms with Crippen LogP contribution in [-0.2, 0) is 18.4 Å². The Morgan fingerprint density at radius 1 is 1.38 bits per heavy atom. The third-order valence-electron chi connectivity index (χ3n) is 3.53. The summed E-state index contributed by atoms with van der Waals surface area (Å²) in [4.78, 5) is 27.6. The van der Waals surface area contributed by atoms with Crippen LogP contribution in [0, 0.1) is 13.8 Å². The molecule has 0 atom stereocenters. The Labute approximate surface area is 128 Å². The summed E-state index contributed by atoms with van der Waals surface area (Å²) >= 11 is 1.58. The van der Waals surface area contributed by atoms with Gasteiger partial charge >= 0.3 is 0 Å². The fourth-order valence-corrected chi connectivity index (χ4v) is 2.99. The van der Waals surface area contributed by atoms with Crippen LogP contribution in [0.1, 0.15) is 33.5 Å². The molecular formula is C15H19N3O2S. The van der Waals surface area contributed by atoms with E-state index in [4.69, 9.17) is 0 Å². The maximum atomic E-state index is 12.5. The standard InChI is InChI=1S/C15H19N3O2S/c1-5-18(9-12-7-6-8-21-12)15(20)14(19)13-10(2)16-17(4)11(13)3/h6-8H,5,9H2,1-4H3. The fourth-order valence-electron chi connectivity index (χ4n) is 2.27. The van der Waals surface area contributed by atoms with Gasteiger partial charge in [-0.15, -0.1) is 11.3 Å². The predicted molar refractivity (Wildman–Crippen MR) is 82.4 cm³/mol. The van der Waals surface area contributed by atoms with Crippen molar-refractivity contribution in [3.63, 3.8) is 0 Å². The molecule has 0 saturated carbocycles. The topological polar surface area (TPSA) is 55.2 Å². The Morgan fingerprint density at radius 3 is 2.57 bits per heavy atom. The van der Waals surface area contributed by atoms with E-state index in [1.807, 2.05) is 24.4 Å². The van der Waals surface area contributed by atoms with E-state index in [1.54, 1.807) is 41.8 Å². The van der Waals surface area contributed by atoms with E-state index < -0.39 is 11.7 Å². The minimum absolute atomic E-state index is 0.423. The Hall–Kier alpha value is -1.95. The molecule has 21 heavy (non-hydrogen) atoms. The van der Waals surface area contributed by atoms with Crippen molar-refractivity contribution in [2.24, 2.45) is 7.05 Å². The van der Waals surface area contributed by atoms with Gasteiger partial charge in [-0.2, -0.15) is 5.10 Å². The molecule has 2 rings (SSSR count). The highest BCUT2D eigenvalue weighted by Gasteiger charge is 2.27. The van der Waals surface area contributed by atoms with E-state index in [2.05, 4.69) is 5.10 Å². The highest BCUT2D eigenvalue weighted by Crippen LogP contribution is 2.16. The molecule has 0 aliphatic rings. The lowest BCUT2D eigenvalue weighted by molar-refractivity contribution is -0.126. The maximum Gasteiger partial charge on any atom is 0.295 e. The average Bonchev–Trinajstić information content (AvgIpc) is 3.04. The summed E-state index contributed by atoms with van der Waals surface area (Å²) in [5.41, 5.74) is 1.74. The molecule has 0 N–H and O–H groups in total. The highest BCUT2D eigenvalue weighted by atomic mass is 32.1. The van der Waals surface area contributed by atoms with Gasteiger partial charge in [-0.3, -0.25) is 14.3 Å². The summed E-state index contributed by atoms with van der Waals surface area (Å²) in [6.07, 6.45) is 0. The van der Waals surface area contributed by atoms with Crippen molar-refractivity contribution in [1.29, 1.82) is 0 Å². The Balaban J connectivity index is 2.23. The second kappa shape index (κ2) is 6.22. The van der Waals surface area contributed by atoms with Crippen molar-refractivity contribution in [2.75, 3.05) is 6.54 Å². The largest absolute Gasteiger partial charge is 0.331 e. The summed E-state index contributed by atoms with van der Waals surface area (Å²) in [7, 11) is 1.77. The number of Topliss-reactive ketones (excluding diaryl/α,β-unsaturated/α-hetero) is 1. The van der Waals surface area contributed by atoms with Gasteiger partial charge in [0.1, 0.15) is 0 Å². The van der Waals surface area contributed by atoms with Crippen molar-refractivity contribution in [3.05, 3.63) is 39.3 Å². The first-order chi connectivity index (χ1) is 9.95. The lowest BCUT2D eigenvalue weighted by atomic mass is 10.1. The van der Waals surface area contributed by atoms with Gasteiger partial charge in [0.05, 0.1) is 17.8 Å². The molecule has 2 heterocycles. The molecule has 0 saturated heterocycles. The number of hydrogen-bond donors (Lipinski definition) is 0. The van der Waals surface area contributed by atoms with E-state index >= 15 is 0 Å². The maximum absolute atomic E-state index is 12.5. The Morgan fingerprint density at radius 2 is 2.10 bits per heavy atom. The smallest absolute Gasteiger partial charge is 0.295 e. The molecule has 2 aromatic rings. The van der Waals surface area contributed by atoms with Crippen LogP contribution in [0.15, 0.2) is 17.5 Å². The zero-order valence-corrected chi connectivity index (χ0v) is 13.5. The number of amides is 1. The zero-order valence-electron chi connectivity index (χ0n) is 12.7. The molecule has 112 valence electrons. The lowest BCUT2D eigenvalue weighted by Crippen LogP contribution is -2.36. The van der Waals surface area contributed by atoms with Crippen LogP contribution in [0.2, 0.25) is 0 Å². The molecule has 0 bridgehead atoms. The Bertz CT molecular complexity index is 659. The number of thiophene rings is 1. The molecule has 0 aromatic carbocycles. The number of rotatable bonds is 5. The SMILES string of the molecule is CCN(Cc1cccs1)C(=O)C(=O)c1c(C)nn(C)c1C. The molecule has 5 nitrogen and oxygen atoms in total. The van der Waals surface area contributed by atoms with Crippen LogP contribution >= 0.6 is 11.3 Å². The Kier molecular flexibility index (Phi) is 4.57. The number of nitrogens with zero attached hydrogens (tertiary/aromatic N) is 3. The van der Waals surface area contributed by atoms with Crippen molar-refractivity contribution in [2.45, 2.75) is 27.3 Å². The fraction of sp³-hybridized carbons (Fsp3) is 0.400. The van der Waals surface area contributed by atoms with Gasteiger partial charge in [0, 0.05) is 24.2 Å². The van der Waals surface area contributed by atoms with E-state index in [9.17, 15) is 9.59 Å². The average molecular weight is 305 g/mol. The van der Waals surface area contributed by atoms with Crippen molar-refractivity contribution >= 4 is 23.0 Å². The third kappa shape index (κ3) is 3.05. The van der Waals surface area contributed by atoms with Crippen LogP contribution < -0.4 is 0 Å². The molecule has 0 aliphatic heterocycles. The summed E-state index contributed by atoms with van der Waals surface area (Å²) in [6, 6.07) is 3.90. The van der Waals surface area contributed by atoms with Crippen LogP contribution in [0.3, 0.4) is 0 Å². The van der Waals surface area contributed by atoms with Gasteiger partial charge in [-0.25, -0.2) is 0 Å². The van der Waals surface area contributed by atoms with Crippen molar-refractivity contribution in [3.8, 4) is 0 Å². The first-order valence-corrected chi connectivity index (χ1v) is 7.69. The quantitative estimate of drug-likeness (QED) is 0.629. The number of ketones is 1. The van der Waals surface area contributed by atoms with E-state index in [0.717, 1.165) is 10.6 Å². The van der Waals surface area contributed by atoms with E-state index in [-0.39, 0.29) is 0 Å². The van der Waals surface area contributed by atoms with Crippen LogP contribution in [0.4, 0.5) is 0 Å². The minimum Gasteiger partial charge on any atom is -0.331 e. The summed E-state index contributed by atoms with van der Waals surface area (Å²) in [5.74, 6) is -0.943. The minimum atomic E-state index is -0.475. The first kappa shape index (κ1) is 15.4. The molecule has 6 heteroatoms. The second-order valence-corrected chi connectivity index (χ2v) is 5.93. The van der Waals surface area contributed by atoms with Crippen LogP contribution in [-0.4, -0.2) is 32.9 Å². The van der Waals surface area contributed by atoms with Crippen molar-refractivity contribution < 1.29 is 9.59 Å². The number of carbonyl (C=O) groups is 2. The van der Waals surface area contributed by atoms with Gasteiger partial charge in [0.15, 0.2) is 0 Å². The second-order valence-electron chi connectivity index (χ2n) is 4.90. The summed E-state index contributed by atoms with van der Waals surface area (Å²) < 4.78 is 1.63. The number of aromatic nitrogens is 2. The molecule has 0 radical (unpaired) electrons. The molecule has 0 spiro atoms. The van der Waals surface area contributed by atoms with E-state index in [1.165, 1.54) is 0 Å². The van der Waals surface area contributed by atoms with Crippen LogP contribution in [0.25, 0.3) is 0 Å². The normalized spacial score (nSPS) is 10.7. The van der Waals surface area contributed by atoms with E-state index in [0.29, 0.717) is 24.3 Å². The molecule has 1 amide bonds. The predicted octanol–water partition coefficient (Wildman–Crippen LogP) is 2.33. The summed E-state index contributed by atoms with van der Waals surface area (Å²) in [6.45, 7) is 6.40. The molecular weight excluding hydrogens is 286 g/mol. The van der Waals surface area contributed by atoms with Gasteiger partial charge < -0.3 is 4.90 Å². The molecule has 0 fully saturated rings.